The molecule has 1 aliphatic rings. The van der Waals surface area contributed by atoms with Crippen molar-refractivity contribution in [3.63, 3.8) is 0 Å². The van der Waals surface area contributed by atoms with E-state index in [-0.39, 0.29) is 23.4 Å². The summed E-state index contributed by atoms with van der Waals surface area (Å²) in [5, 5.41) is 8.13. The fourth-order valence-corrected chi connectivity index (χ4v) is 4.30. The number of amides is 1. The maximum absolute atomic E-state index is 12.8. The van der Waals surface area contributed by atoms with E-state index in [1.165, 1.54) is 13.1 Å². The van der Waals surface area contributed by atoms with Gasteiger partial charge in [0.2, 0.25) is 15.9 Å². The summed E-state index contributed by atoms with van der Waals surface area (Å²) >= 11 is 0. The average Bonchev–Trinajstić information content (AvgIpc) is 3.05. The first-order valence-corrected chi connectivity index (χ1v) is 10.3. The normalized spacial score (nSPS) is 16.0. The number of likely N-dealkylation sites (tertiary alicyclic amines) is 1. The molecule has 0 bridgehead atoms. The molecule has 1 saturated heterocycles. The Balaban J connectivity index is 1.80. The molecule has 26 heavy (non-hydrogen) atoms. The van der Waals surface area contributed by atoms with Gasteiger partial charge in [-0.05, 0) is 51.3 Å². The maximum Gasteiger partial charge on any atom is 0.243 e. The topological polar surface area (TPSA) is 88.4 Å². The lowest BCUT2D eigenvalue weighted by molar-refractivity contribution is -0.132. The molecule has 0 atom stereocenters. The van der Waals surface area contributed by atoms with Crippen LogP contribution in [0, 0.1) is 0 Å². The van der Waals surface area contributed by atoms with Crippen LogP contribution in [0.3, 0.4) is 0 Å². The van der Waals surface area contributed by atoms with Crippen LogP contribution in [0.5, 0.6) is 0 Å². The number of hydrogen-bond donors (Lipinski definition) is 0. The molecule has 8 nitrogen and oxygen atoms in total. The lowest BCUT2D eigenvalue weighted by Gasteiger charge is -2.28. The number of rotatable bonds is 5. The Morgan fingerprint density at radius 3 is 2.58 bits per heavy atom. The molecule has 1 amide bonds. The van der Waals surface area contributed by atoms with Crippen molar-refractivity contribution in [1.82, 2.24) is 24.2 Å². The first-order valence-electron chi connectivity index (χ1n) is 8.90. The summed E-state index contributed by atoms with van der Waals surface area (Å²) < 4.78 is 28.5. The minimum Gasteiger partial charge on any atom is -0.342 e. The highest BCUT2D eigenvalue weighted by atomic mass is 32.2. The summed E-state index contributed by atoms with van der Waals surface area (Å²) in [6.07, 6.45) is 3.07. The van der Waals surface area contributed by atoms with Crippen LogP contribution in [0.2, 0.25) is 0 Å². The smallest absolute Gasteiger partial charge is 0.243 e. The molecule has 142 valence electrons. The van der Waals surface area contributed by atoms with Crippen molar-refractivity contribution < 1.29 is 13.2 Å². The van der Waals surface area contributed by atoms with Crippen LogP contribution in [0.15, 0.2) is 23.1 Å². The fraction of sp³-hybridized carbons (Fsp3) is 0.588. The van der Waals surface area contributed by atoms with Gasteiger partial charge in [-0.15, -0.1) is 5.10 Å². The molecule has 0 unspecified atom stereocenters. The Kier molecular flexibility index (Phi) is 5.29. The van der Waals surface area contributed by atoms with Gasteiger partial charge in [0.1, 0.15) is 5.52 Å². The summed E-state index contributed by atoms with van der Waals surface area (Å²) in [6.45, 7) is 5.23. The lowest BCUT2D eigenvalue weighted by Crippen LogP contribution is -2.43. The number of likely N-dealkylation sites (N-methyl/N-ethyl adjacent to an activating group) is 1. The van der Waals surface area contributed by atoms with Crippen LogP contribution >= 0.6 is 0 Å². The molecule has 1 aliphatic heterocycles. The number of benzene rings is 1. The number of fused-ring (bicyclic) bond motifs is 1. The zero-order valence-corrected chi connectivity index (χ0v) is 16.2. The van der Waals surface area contributed by atoms with E-state index in [0.29, 0.717) is 18.6 Å². The van der Waals surface area contributed by atoms with Gasteiger partial charge in [0, 0.05) is 26.2 Å². The van der Waals surface area contributed by atoms with Crippen LogP contribution in [0.1, 0.15) is 39.2 Å². The van der Waals surface area contributed by atoms with Gasteiger partial charge < -0.3 is 4.90 Å². The third-order valence-corrected chi connectivity index (χ3v) is 6.51. The lowest BCUT2D eigenvalue weighted by atomic mass is 10.1. The second-order valence-electron chi connectivity index (χ2n) is 6.98. The predicted molar refractivity (Wildman–Crippen MR) is 98.2 cm³/mol. The third-order valence-electron chi connectivity index (χ3n) is 4.71. The Morgan fingerprint density at radius 1 is 1.23 bits per heavy atom. The molecule has 1 fully saturated rings. The largest absolute Gasteiger partial charge is 0.342 e. The first-order chi connectivity index (χ1) is 12.3. The van der Waals surface area contributed by atoms with Crippen LogP contribution in [-0.4, -0.2) is 65.2 Å². The Bertz CT molecular complexity index is 900. The number of aromatic nitrogens is 3. The van der Waals surface area contributed by atoms with Crippen molar-refractivity contribution in [1.29, 1.82) is 0 Å². The SMILES string of the molecule is CC(C)n1nnc2cc(S(=O)(=O)N(C)CC(=O)N3CCCCC3)ccc21. The first kappa shape index (κ1) is 18.8. The van der Waals surface area contributed by atoms with Crippen molar-refractivity contribution in [2.45, 2.75) is 44.0 Å². The molecule has 2 heterocycles. The minimum absolute atomic E-state index is 0.120. The van der Waals surface area contributed by atoms with Gasteiger partial charge in [-0.25, -0.2) is 13.1 Å². The molecular weight excluding hydrogens is 354 g/mol. The van der Waals surface area contributed by atoms with Crippen LogP contribution in [-0.2, 0) is 14.8 Å². The van der Waals surface area contributed by atoms with E-state index < -0.39 is 10.0 Å². The quantitative estimate of drug-likeness (QED) is 0.788. The molecule has 1 aromatic heterocycles. The third kappa shape index (κ3) is 3.59. The maximum atomic E-state index is 12.8. The molecule has 9 heteroatoms. The van der Waals surface area contributed by atoms with Gasteiger partial charge in [-0.3, -0.25) is 4.79 Å². The van der Waals surface area contributed by atoms with Crippen molar-refractivity contribution >= 4 is 27.0 Å². The highest BCUT2D eigenvalue weighted by Gasteiger charge is 2.26. The van der Waals surface area contributed by atoms with Crippen molar-refractivity contribution in [2.24, 2.45) is 0 Å². The van der Waals surface area contributed by atoms with E-state index in [4.69, 9.17) is 0 Å². The van der Waals surface area contributed by atoms with Crippen molar-refractivity contribution in [3.05, 3.63) is 18.2 Å². The fourth-order valence-electron chi connectivity index (χ4n) is 3.16. The van der Waals surface area contributed by atoms with E-state index in [9.17, 15) is 13.2 Å². The van der Waals surface area contributed by atoms with Gasteiger partial charge in [0.05, 0.1) is 17.0 Å². The van der Waals surface area contributed by atoms with Gasteiger partial charge >= 0.3 is 0 Å². The Morgan fingerprint density at radius 2 is 1.92 bits per heavy atom. The van der Waals surface area contributed by atoms with E-state index in [0.717, 1.165) is 29.1 Å². The predicted octanol–water partition coefficient (Wildman–Crippen LogP) is 1.65. The van der Waals surface area contributed by atoms with E-state index >= 15 is 0 Å². The molecule has 0 N–H and O–H groups in total. The van der Waals surface area contributed by atoms with E-state index in [2.05, 4.69) is 10.3 Å². The van der Waals surface area contributed by atoms with Gasteiger partial charge in [0.25, 0.3) is 0 Å². The standard InChI is InChI=1S/C17H25N5O3S/c1-13(2)22-16-8-7-14(11-15(16)18-19-22)26(24,25)20(3)12-17(23)21-9-5-4-6-10-21/h7-8,11,13H,4-6,9-10,12H2,1-3H3. The highest BCUT2D eigenvalue weighted by Crippen LogP contribution is 2.22. The van der Waals surface area contributed by atoms with Crippen molar-refractivity contribution in [2.75, 3.05) is 26.7 Å². The molecule has 0 aliphatic carbocycles. The number of sulfonamides is 1. The van der Waals surface area contributed by atoms with E-state index in [1.807, 2.05) is 13.8 Å². The van der Waals surface area contributed by atoms with Gasteiger partial charge in [0.15, 0.2) is 0 Å². The number of nitrogens with zero attached hydrogens (tertiary/aromatic N) is 5. The Hall–Kier alpha value is -2.00. The summed E-state index contributed by atoms with van der Waals surface area (Å²) in [6, 6.07) is 4.90. The number of carbonyl (C=O) groups is 1. The summed E-state index contributed by atoms with van der Waals surface area (Å²) in [4.78, 5) is 14.2. The molecule has 0 radical (unpaired) electrons. The van der Waals surface area contributed by atoms with E-state index in [1.54, 1.807) is 21.7 Å². The molecule has 0 spiro atoms. The highest BCUT2D eigenvalue weighted by molar-refractivity contribution is 7.89. The van der Waals surface area contributed by atoms with Crippen LogP contribution < -0.4 is 0 Å². The molecule has 1 aromatic carbocycles. The summed E-state index contributed by atoms with van der Waals surface area (Å²) in [5.41, 5.74) is 1.31. The minimum atomic E-state index is -3.77. The molecular formula is C17H25N5O3S. The van der Waals surface area contributed by atoms with Crippen molar-refractivity contribution in [3.8, 4) is 0 Å². The zero-order valence-electron chi connectivity index (χ0n) is 15.4. The molecule has 2 aromatic rings. The number of piperidine rings is 1. The monoisotopic (exact) mass is 379 g/mol. The summed E-state index contributed by atoms with van der Waals surface area (Å²) in [5.74, 6) is -0.150. The van der Waals surface area contributed by atoms with Crippen LogP contribution in [0.25, 0.3) is 11.0 Å². The van der Waals surface area contributed by atoms with Crippen LogP contribution in [0.4, 0.5) is 0 Å². The molecule has 0 saturated carbocycles. The molecule has 3 rings (SSSR count). The number of hydrogen-bond acceptors (Lipinski definition) is 5. The average molecular weight is 379 g/mol. The Labute approximate surface area is 153 Å². The van der Waals surface area contributed by atoms with Gasteiger partial charge in [-0.2, -0.15) is 4.31 Å². The second kappa shape index (κ2) is 7.32. The zero-order chi connectivity index (χ0) is 18.9. The summed E-state index contributed by atoms with van der Waals surface area (Å²) in [7, 11) is -2.33. The van der Waals surface area contributed by atoms with Gasteiger partial charge in [-0.1, -0.05) is 5.21 Å². The number of carbonyl (C=O) groups excluding carboxylic acids is 1. The second-order valence-corrected chi connectivity index (χ2v) is 9.03.